The van der Waals surface area contributed by atoms with E-state index in [0.717, 1.165) is 6.42 Å². The van der Waals surface area contributed by atoms with Crippen molar-refractivity contribution in [1.29, 1.82) is 0 Å². The minimum Gasteiger partial charge on any atom is -0.284 e. The van der Waals surface area contributed by atoms with Gasteiger partial charge in [0.2, 0.25) is 0 Å². The van der Waals surface area contributed by atoms with Crippen molar-refractivity contribution in [2.75, 3.05) is 0 Å². The molecule has 46 heavy (non-hydrogen) atoms. The lowest BCUT2D eigenvalue weighted by Crippen LogP contribution is -2.05. The number of fused-ring (bicyclic) bond motifs is 3. The summed E-state index contributed by atoms with van der Waals surface area (Å²) in [7, 11) is 0. The van der Waals surface area contributed by atoms with Crippen molar-refractivity contribution in [3.8, 4) is 22.3 Å². The third-order valence-corrected chi connectivity index (χ3v) is 10.1. The van der Waals surface area contributed by atoms with Gasteiger partial charge in [0.15, 0.2) is 0 Å². The van der Waals surface area contributed by atoms with Gasteiger partial charge in [-0.1, -0.05) is 164 Å². The summed E-state index contributed by atoms with van der Waals surface area (Å²) in [6.07, 6.45) is 10.1. The van der Waals surface area contributed by atoms with Crippen LogP contribution in [0, 0.1) is 5.92 Å². The molecule has 1 aliphatic rings. The number of hydrogen-bond donors (Lipinski definition) is 0. The summed E-state index contributed by atoms with van der Waals surface area (Å²) < 4.78 is 2.69. The molecule has 0 fully saturated rings. The van der Waals surface area contributed by atoms with Crippen molar-refractivity contribution < 1.29 is 0 Å². The van der Waals surface area contributed by atoms with Crippen LogP contribution in [-0.4, -0.2) is 6.21 Å². The van der Waals surface area contributed by atoms with Crippen molar-refractivity contribution in [3.63, 3.8) is 0 Å². The highest BCUT2D eigenvalue weighted by Crippen LogP contribution is 2.44. The molecule has 8 rings (SSSR count). The number of nitrogens with zero attached hydrogens (tertiary/aromatic N) is 1. The molecule has 0 saturated carbocycles. The highest BCUT2D eigenvalue weighted by molar-refractivity contribution is 7.26. The second kappa shape index (κ2) is 12.6. The van der Waals surface area contributed by atoms with E-state index in [0.29, 0.717) is 0 Å². The smallest absolute Gasteiger partial charge is 0.0995 e. The maximum absolute atomic E-state index is 5.21. The van der Waals surface area contributed by atoms with Crippen molar-refractivity contribution >= 4 is 43.3 Å². The second-order valence-corrected chi connectivity index (χ2v) is 12.9. The molecule has 7 aromatic rings. The lowest BCUT2D eigenvalue weighted by Gasteiger charge is -2.17. The van der Waals surface area contributed by atoms with E-state index in [1.807, 2.05) is 11.3 Å². The summed E-state index contributed by atoms with van der Waals surface area (Å²) in [5, 5.41) is 2.68. The summed E-state index contributed by atoms with van der Waals surface area (Å²) in [5.41, 5.74) is 10.0. The van der Waals surface area contributed by atoms with E-state index in [1.165, 1.54) is 64.7 Å². The summed E-state index contributed by atoms with van der Waals surface area (Å²) in [5.74, 6) is 0.250. The Bertz CT molecular complexity index is 2210. The summed E-state index contributed by atoms with van der Waals surface area (Å²) >= 11 is 1.90. The number of aliphatic imine (C=N–C) groups is 1. The van der Waals surface area contributed by atoms with E-state index in [4.69, 9.17) is 4.99 Å². The summed E-state index contributed by atoms with van der Waals surface area (Å²) in [6.45, 7) is 0. The maximum Gasteiger partial charge on any atom is 0.0995 e. The molecule has 0 N–H and O–H groups in total. The zero-order chi connectivity index (χ0) is 30.7. The Kier molecular flexibility index (Phi) is 7.71. The van der Waals surface area contributed by atoms with Crippen molar-refractivity contribution in [3.05, 3.63) is 187 Å². The molecule has 0 aliphatic heterocycles. The van der Waals surface area contributed by atoms with Crippen molar-refractivity contribution in [1.82, 2.24) is 0 Å². The first-order valence-electron chi connectivity index (χ1n) is 15.9. The van der Waals surface area contributed by atoms with Crippen LogP contribution in [0.2, 0.25) is 0 Å². The quantitative estimate of drug-likeness (QED) is 0.160. The van der Waals surface area contributed by atoms with Gasteiger partial charge in [-0.3, -0.25) is 4.99 Å². The second-order valence-electron chi connectivity index (χ2n) is 11.8. The van der Waals surface area contributed by atoms with Gasteiger partial charge in [0, 0.05) is 32.3 Å². The van der Waals surface area contributed by atoms with Crippen LogP contribution in [0.15, 0.2) is 175 Å². The van der Waals surface area contributed by atoms with Crippen LogP contribution in [0.5, 0.6) is 0 Å². The van der Waals surface area contributed by atoms with Gasteiger partial charge in [-0.25, -0.2) is 0 Å². The fourth-order valence-electron chi connectivity index (χ4n) is 6.55. The third kappa shape index (κ3) is 5.53. The first kappa shape index (κ1) is 28.2. The molecule has 2 heteroatoms. The molecule has 1 aromatic heterocycles. The average molecular weight is 608 g/mol. The van der Waals surface area contributed by atoms with Gasteiger partial charge in [0.05, 0.1) is 6.04 Å². The number of allylic oxidation sites excluding steroid dienone is 4. The predicted octanol–water partition coefficient (Wildman–Crippen LogP) is 12.2. The number of thiophene rings is 1. The van der Waals surface area contributed by atoms with E-state index >= 15 is 0 Å². The van der Waals surface area contributed by atoms with Gasteiger partial charge in [0.25, 0.3) is 0 Å². The van der Waals surface area contributed by atoms with E-state index in [-0.39, 0.29) is 12.0 Å². The largest absolute Gasteiger partial charge is 0.284 e. The van der Waals surface area contributed by atoms with E-state index < -0.39 is 0 Å². The molecule has 0 spiro atoms. The maximum atomic E-state index is 5.21. The monoisotopic (exact) mass is 607 g/mol. The SMILES string of the molecule is C1=CC(C=NC(c2ccccc2)c2ccc(-c3ccccc3)cc2)CC=C1c1ccc(-c2ccccc2)c2c1sc1ccccc12. The first-order valence-corrected chi connectivity index (χ1v) is 16.8. The zero-order valence-corrected chi connectivity index (χ0v) is 26.3. The predicted molar refractivity (Wildman–Crippen MR) is 199 cm³/mol. The van der Waals surface area contributed by atoms with Gasteiger partial charge < -0.3 is 0 Å². The molecule has 1 nitrogen and oxygen atoms in total. The van der Waals surface area contributed by atoms with Gasteiger partial charge in [-0.15, -0.1) is 11.3 Å². The Balaban J connectivity index is 1.08. The Morgan fingerprint density at radius 1 is 0.587 bits per heavy atom. The number of rotatable bonds is 7. The van der Waals surface area contributed by atoms with Gasteiger partial charge in [-0.2, -0.15) is 0 Å². The van der Waals surface area contributed by atoms with Crippen molar-refractivity contribution in [2.45, 2.75) is 12.5 Å². The Morgan fingerprint density at radius 2 is 1.20 bits per heavy atom. The molecule has 2 atom stereocenters. The molecule has 1 aliphatic carbocycles. The molecule has 6 aromatic carbocycles. The van der Waals surface area contributed by atoms with Gasteiger partial charge in [0.1, 0.15) is 0 Å². The molecule has 2 unspecified atom stereocenters. The normalized spacial score (nSPS) is 15.4. The highest BCUT2D eigenvalue weighted by Gasteiger charge is 2.18. The third-order valence-electron chi connectivity index (χ3n) is 8.93. The fourth-order valence-corrected chi connectivity index (χ4v) is 7.81. The van der Waals surface area contributed by atoms with Crippen LogP contribution in [0.3, 0.4) is 0 Å². The van der Waals surface area contributed by atoms with Gasteiger partial charge >= 0.3 is 0 Å². The molecule has 0 bridgehead atoms. The molecular formula is C44H33NS. The van der Waals surface area contributed by atoms with Crippen LogP contribution in [-0.2, 0) is 0 Å². The minimum atomic E-state index is -0.0477. The van der Waals surface area contributed by atoms with Gasteiger partial charge in [-0.05, 0) is 57.0 Å². The average Bonchev–Trinajstić information content (AvgIpc) is 3.53. The zero-order valence-electron chi connectivity index (χ0n) is 25.5. The van der Waals surface area contributed by atoms with Crippen LogP contribution < -0.4 is 0 Å². The van der Waals surface area contributed by atoms with E-state index in [1.54, 1.807) is 0 Å². The summed E-state index contributed by atoms with van der Waals surface area (Å²) in [4.78, 5) is 5.21. The Morgan fingerprint density at radius 3 is 1.91 bits per heavy atom. The number of hydrogen-bond acceptors (Lipinski definition) is 2. The topological polar surface area (TPSA) is 12.4 Å². The molecule has 0 saturated heterocycles. The first-order chi connectivity index (χ1) is 22.8. The van der Waals surface area contributed by atoms with E-state index in [9.17, 15) is 0 Å². The molecule has 220 valence electrons. The van der Waals surface area contributed by atoms with Crippen LogP contribution in [0.25, 0.3) is 48.0 Å². The Labute approximate surface area is 274 Å². The lowest BCUT2D eigenvalue weighted by molar-refractivity contribution is 0.834. The van der Waals surface area contributed by atoms with Crippen LogP contribution in [0.4, 0.5) is 0 Å². The molecular weight excluding hydrogens is 575 g/mol. The summed E-state index contributed by atoms with van der Waals surface area (Å²) in [6, 6.07) is 54.2. The molecule has 0 amide bonds. The molecule has 1 heterocycles. The van der Waals surface area contributed by atoms with E-state index in [2.05, 4.69) is 176 Å². The van der Waals surface area contributed by atoms with Crippen molar-refractivity contribution in [2.24, 2.45) is 10.9 Å². The highest BCUT2D eigenvalue weighted by atomic mass is 32.1. The fraction of sp³-hybridized carbons (Fsp3) is 0.0682. The van der Waals surface area contributed by atoms with Crippen LogP contribution in [0.1, 0.15) is 29.2 Å². The van der Waals surface area contributed by atoms with Crippen LogP contribution >= 0.6 is 11.3 Å². The standard InChI is InChI=1S/C44H33NS/c1-4-12-32(13-5-1)33-24-26-37(27-25-33)43(36-16-8-3-9-17-36)45-30-31-20-22-35(23-21-31)39-29-28-38(34-14-6-2-7-15-34)42-40-18-10-11-19-41(40)46-44(39)42/h1-20,22-31,43H,21H2. The minimum absolute atomic E-state index is 0.0477. The molecule has 0 radical (unpaired) electrons. The lowest BCUT2D eigenvalue weighted by atomic mass is 9.90. The Hall–Kier alpha value is -5.31. The number of benzene rings is 6.